The summed E-state index contributed by atoms with van der Waals surface area (Å²) in [6.07, 6.45) is 6.04. The highest BCUT2D eigenvalue weighted by Crippen LogP contribution is 2.22. The minimum absolute atomic E-state index is 0.0299. The first-order valence-corrected chi connectivity index (χ1v) is 6.35. The second kappa shape index (κ2) is 5.15. The van der Waals surface area contributed by atoms with E-state index in [1.54, 1.807) is 4.90 Å². The summed E-state index contributed by atoms with van der Waals surface area (Å²) in [5.41, 5.74) is 0. The van der Waals surface area contributed by atoms with Crippen LogP contribution in [0.5, 0.6) is 0 Å². The summed E-state index contributed by atoms with van der Waals surface area (Å²) in [5.74, 6) is 0.109. The number of likely N-dealkylation sites (N-methyl/N-ethyl adjacent to an activating group) is 1. The van der Waals surface area contributed by atoms with Gasteiger partial charge in [-0.1, -0.05) is 12.8 Å². The van der Waals surface area contributed by atoms with E-state index in [9.17, 15) is 9.90 Å². The van der Waals surface area contributed by atoms with Crippen LogP contribution in [0.1, 0.15) is 38.5 Å². The van der Waals surface area contributed by atoms with Gasteiger partial charge in [0, 0.05) is 13.1 Å². The molecular weight excluding hydrogens is 204 g/mol. The van der Waals surface area contributed by atoms with Gasteiger partial charge in [-0.3, -0.25) is 4.79 Å². The number of nitrogens with one attached hydrogen (secondary N) is 1. The maximum atomic E-state index is 11.9. The van der Waals surface area contributed by atoms with E-state index >= 15 is 0 Å². The van der Waals surface area contributed by atoms with Crippen molar-refractivity contribution in [2.75, 3.05) is 13.6 Å². The zero-order valence-corrected chi connectivity index (χ0v) is 9.98. The Balaban J connectivity index is 1.79. The summed E-state index contributed by atoms with van der Waals surface area (Å²) < 4.78 is 0. The first kappa shape index (κ1) is 11.9. The highest BCUT2D eigenvalue weighted by atomic mass is 16.3. The van der Waals surface area contributed by atoms with E-state index in [0.717, 1.165) is 25.7 Å². The molecule has 0 aromatic carbocycles. The van der Waals surface area contributed by atoms with Crippen molar-refractivity contribution >= 4 is 5.91 Å². The summed E-state index contributed by atoms with van der Waals surface area (Å²) in [6.45, 7) is 0.421. The van der Waals surface area contributed by atoms with Gasteiger partial charge in [0.2, 0.25) is 5.91 Å². The Hall–Kier alpha value is -0.610. The fourth-order valence-electron chi connectivity index (χ4n) is 2.37. The van der Waals surface area contributed by atoms with Gasteiger partial charge in [0.05, 0.1) is 18.7 Å². The Morgan fingerprint density at radius 1 is 1.31 bits per heavy atom. The van der Waals surface area contributed by atoms with Crippen molar-refractivity contribution in [1.82, 2.24) is 10.2 Å². The molecule has 2 rings (SSSR count). The average Bonchev–Trinajstić information content (AvgIpc) is 3.09. The standard InChI is InChI=1S/C12H22N2O2/c1-14(10-4-2-3-5-11(10)15)12(16)8-13-9-6-7-9/h9-11,13,15H,2-8H2,1H3. The third-order valence-corrected chi connectivity index (χ3v) is 3.70. The minimum Gasteiger partial charge on any atom is -0.391 e. The molecule has 0 aliphatic heterocycles. The minimum atomic E-state index is -0.330. The van der Waals surface area contributed by atoms with Gasteiger partial charge in [-0.25, -0.2) is 0 Å². The van der Waals surface area contributed by atoms with Crippen LogP contribution in [0.15, 0.2) is 0 Å². The van der Waals surface area contributed by atoms with Crippen LogP contribution < -0.4 is 5.32 Å². The zero-order valence-electron chi connectivity index (χ0n) is 9.98. The first-order valence-electron chi connectivity index (χ1n) is 6.35. The lowest BCUT2D eigenvalue weighted by Gasteiger charge is -2.35. The van der Waals surface area contributed by atoms with Gasteiger partial charge in [-0.2, -0.15) is 0 Å². The van der Waals surface area contributed by atoms with E-state index in [4.69, 9.17) is 0 Å². The lowest BCUT2D eigenvalue weighted by atomic mass is 9.91. The molecule has 0 spiro atoms. The number of aliphatic hydroxyl groups excluding tert-OH is 1. The third-order valence-electron chi connectivity index (χ3n) is 3.70. The predicted molar refractivity (Wildman–Crippen MR) is 62.1 cm³/mol. The molecular formula is C12H22N2O2. The van der Waals surface area contributed by atoms with Crippen molar-refractivity contribution in [3.63, 3.8) is 0 Å². The fourth-order valence-corrected chi connectivity index (χ4v) is 2.37. The molecule has 4 heteroatoms. The largest absolute Gasteiger partial charge is 0.391 e. The summed E-state index contributed by atoms with van der Waals surface area (Å²) in [7, 11) is 1.82. The fraction of sp³-hybridized carbons (Fsp3) is 0.917. The smallest absolute Gasteiger partial charge is 0.236 e. The van der Waals surface area contributed by atoms with Crippen LogP contribution in [-0.4, -0.2) is 47.7 Å². The molecule has 2 aliphatic carbocycles. The normalized spacial score (nSPS) is 30.1. The van der Waals surface area contributed by atoms with Crippen molar-refractivity contribution < 1.29 is 9.90 Å². The number of amides is 1. The molecule has 0 radical (unpaired) electrons. The lowest BCUT2D eigenvalue weighted by molar-refractivity contribution is -0.134. The van der Waals surface area contributed by atoms with Crippen molar-refractivity contribution in [3.8, 4) is 0 Å². The summed E-state index contributed by atoms with van der Waals surface area (Å²) in [6, 6.07) is 0.593. The Morgan fingerprint density at radius 3 is 2.62 bits per heavy atom. The molecule has 16 heavy (non-hydrogen) atoms. The molecule has 1 amide bonds. The molecule has 2 atom stereocenters. The van der Waals surface area contributed by atoms with Crippen LogP contribution in [0.25, 0.3) is 0 Å². The molecule has 2 aliphatic rings. The molecule has 2 N–H and O–H groups in total. The molecule has 0 aromatic heterocycles. The molecule has 2 saturated carbocycles. The van der Waals surface area contributed by atoms with Crippen LogP contribution in [-0.2, 0) is 4.79 Å². The Morgan fingerprint density at radius 2 is 2.00 bits per heavy atom. The van der Waals surface area contributed by atoms with Gasteiger partial charge in [-0.15, -0.1) is 0 Å². The molecule has 0 aromatic rings. The van der Waals surface area contributed by atoms with E-state index in [2.05, 4.69) is 5.32 Å². The molecule has 0 saturated heterocycles. The summed E-state index contributed by atoms with van der Waals surface area (Å²) in [4.78, 5) is 13.6. The van der Waals surface area contributed by atoms with Crippen LogP contribution >= 0.6 is 0 Å². The van der Waals surface area contributed by atoms with E-state index in [0.29, 0.717) is 12.6 Å². The Labute approximate surface area is 97.0 Å². The van der Waals surface area contributed by atoms with Gasteiger partial charge in [-0.05, 0) is 25.7 Å². The highest BCUT2D eigenvalue weighted by molar-refractivity contribution is 5.78. The van der Waals surface area contributed by atoms with E-state index in [1.165, 1.54) is 12.8 Å². The van der Waals surface area contributed by atoms with E-state index in [-0.39, 0.29) is 18.1 Å². The molecule has 92 valence electrons. The van der Waals surface area contributed by atoms with Crippen molar-refractivity contribution in [2.45, 2.75) is 56.7 Å². The summed E-state index contributed by atoms with van der Waals surface area (Å²) >= 11 is 0. The number of carbonyl (C=O) groups excluding carboxylic acids is 1. The van der Waals surface area contributed by atoms with Crippen LogP contribution in [0.2, 0.25) is 0 Å². The van der Waals surface area contributed by atoms with E-state index < -0.39 is 0 Å². The third kappa shape index (κ3) is 2.95. The molecule has 2 unspecified atom stereocenters. The number of aliphatic hydroxyl groups is 1. The number of hydrogen-bond acceptors (Lipinski definition) is 3. The topological polar surface area (TPSA) is 52.6 Å². The number of carbonyl (C=O) groups is 1. The van der Waals surface area contributed by atoms with Gasteiger partial charge in [0.25, 0.3) is 0 Å². The quantitative estimate of drug-likeness (QED) is 0.734. The van der Waals surface area contributed by atoms with Gasteiger partial charge in [0.15, 0.2) is 0 Å². The molecule has 2 fully saturated rings. The number of hydrogen-bond donors (Lipinski definition) is 2. The predicted octanol–water partition coefficient (Wildman–Crippen LogP) is 0.500. The van der Waals surface area contributed by atoms with Crippen LogP contribution in [0.4, 0.5) is 0 Å². The number of rotatable bonds is 4. The van der Waals surface area contributed by atoms with Crippen LogP contribution in [0.3, 0.4) is 0 Å². The maximum absolute atomic E-state index is 11.9. The molecule has 0 heterocycles. The van der Waals surface area contributed by atoms with Crippen molar-refractivity contribution in [1.29, 1.82) is 0 Å². The van der Waals surface area contributed by atoms with Crippen LogP contribution in [0, 0.1) is 0 Å². The summed E-state index contributed by atoms with van der Waals surface area (Å²) in [5, 5.41) is 13.1. The lowest BCUT2D eigenvalue weighted by Crippen LogP contribution is -2.49. The highest BCUT2D eigenvalue weighted by Gasteiger charge is 2.30. The molecule has 0 bridgehead atoms. The van der Waals surface area contributed by atoms with Crippen molar-refractivity contribution in [3.05, 3.63) is 0 Å². The van der Waals surface area contributed by atoms with Crippen molar-refractivity contribution in [2.24, 2.45) is 0 Å². The Bertz CT molecular complexity index is 253. The SMILES string of the molecule is CN(C(=O)CNC1CC1)C1CCCCC1O. The first-order chi connectivity index (χ1) is 7.68. The monoisotopic (exact) mass is 226 g/mol. The second-order valence-electron chi connectivity index (χ2n) is 5.08. The van der Waals surface area contributed by atoms with Gasteiger partial charge >= 0.3 is 0 Å². The van der Waals surface area contributed by atoms with Gasteiger partial charge < -0.3 is 15.3 Å². The maximum Gasteiger partial charge on any atom is 0.236 e. The number of nitrogens with zero attached hydrogens (tertiary/aromatic N) is 1. The Kier molecular flexibility index (Phi) is 3.82. The van der Waals surface area contributed by atoms with Gasteiger partial charge in [0.1, 0.15) is 0 Å². The second-order valence-corrected chi connectivity index (χ2v) is 5.08. The average molecular weight is 226 g/mol. The van der Waals surface area contributed by atoms with E-state index in [1.807, 2.05) is 7.05 Å². The zero-order chi connectivity index (χ0) is 11.5. The molecule has 4 nitrogen and oxygen atoms in total.